The van der Waals surface area contributed by atoms with Gasteiger partial charge in [0.1, 0.15) is 6.10 Å². The van der Waals surface area contributed by atoms with Gasteiger partial charge in [-0.3, -0.25) is 4.79 Å². The van der Waals surface area contributed by atoms with Crippen LogP contribution in [0.1, 0.15) is 78.1 Å². The molecule has 1 aliphatic rings. The average molecular weight is 342 g/mol. The maximum absolute atomic E-state index is 12.2. The lowest BCUT2D eigenvalue weighted by Gasteiger charge is -2.28. The highest BCUT2D eigenvalue weighted by Crippen LogP contribution is 2.21. The summed E-state index contributed by atoms with van der Waals surface area (Å²) in [5.74, 6) is -0.753. The number of carbonyl (C=O) groups is 2. The van der Waals surface area contributed by atoms with E-state index in [0.29, 0.717) is 12.8 Å². The third kappa shape index (κ3) is 7.18. The molecule has 1 aliphatic heterocycles. The Morgan fingerprint density at radius 3 is 2.42 bits per heavy atom. The Labute approximate surface area is 145 Å². The smallest absolute Gasteiger partial charge is 0.340 e. The lowest BCUT2D eigenvalue weighted by molar-refractivity contribution is -0.158. The van der Waals surface area contributed by atoms with Crippen LogP contribution in [0.5, 0.6) is 0 Å². The molecule has 0 aromatic heterocycles. The molecule has 1 heterocycles. The van der Waals surface area contributed by atoms with E-state index in [1.807, 2.05) is 13.8 Å². The predicted octanol–water partition coefficient (Wildman–Crippen LogP) is 2.63. The van der Waals surface area contributed by atoms with Gasteiger partial charge in [-0.25, -0.2) is 4.79 Å². The quantitative estimate of drug-likeness (QED) is 0.603. The first-order chi connectivity index (χ1) is 11.4. The maximum Gasteiger partial charge on any atom is 0.340 e. The summed E-state index contributed by atoms with van der Waals surface area (Å²) in [6.45, 7) is 4.23. The molecule has 24 heavy (non-hydrogen) atoms. The van der Waals surface area contributed by atoms with Crippen molar-refractivity contribution < 1.29 is 19.1 Å². The van der Waals surface area contributed by atoms with E-state index in [0.717, 1.165) is 51.4 Å². The van der Waals surface area contributed by atoms with Crippen molar-refractivity contribution in [2.45, 2.75) is 89.8 Å². The van der Waals surface area contributed by atoms with Crippen LogP contribution >= 0.6 is 0 Å². The van der Waals surface area contributed by atoms with Crippen molar-refractivity contribution in [3.8, 4) is 0 Å². The topological polar surface area (TPSA) is 105 Å². The number of hydrogen-bond donors (Lipinski definition) is 2. The first-order valence-electron chi connectivity index (χ1n) is 9.35. The molecule has 0 aliphatic carbocycles. The van der Waals surface area contributed by atoms with Crippen molar-refractivity contribution in [3.63, 3.8) is 0 Å². The van der Waals surface area contributed by atoms with Gasteiger partial charge in [0.2, 0.25) is 0 Å². The molecular formula is C18H34N2O4. The molecule has 0 saturated carbocycles. The molecule has 1 rings (SSSR count). The SMILES string of the molecule is CCCC1OC(=O)CCCCCCCC(N)(N)C(=O)OCC1CC. The van der Waals surface area contributed by atoms with Crippen molar-refractivity contribution >= 4 is 11.9 Å². The van der Waals surface area contributed by atoms with Crippen molar-refractivity contribution in [2.75, 3.05) is 6.61 Å². The Hall–Kier alpha value is -1.14. The van der Waals surface area contributed by atoms with Gasteiger partial charge in [0.05, 0.1) is 6.61 Å². The van der Waals surface area contributed by atoms with Gasteiger partial charge in [0.15, 0.2) is 5.66 Å². The molecule has 1 saturated heterocycles. The van der Waals surface area contributed by atoms with Crippen LogP contribution in [0.2, 0.25) is 0 Å². The molecule has 0 bridgehead atoms. The Morgan fingerprint density at radius 1 is 1.08 bits per heavy atom. The molecule has 2 unspecified atom stereocenters. The minimum absolute atomic E-state index is 0.0289. The van der Waals surface area contributed by atoms with Gasteiger partial charge in [0, 0.05) is 12.3 Å². The number of esters is 2. The minimum Gasteiger partial charge on any atom is -0.463 e. The highest BCUT2D eigenvalue weighted by Gasteiger charge is 2.32. The summed E-state index contributed by atoms with van der Waals surface area (Å²) in [5.41, 5.74) is 10.4. The van der Waals surface area contributed by atoms with Crippen molar-refractivity contribution in [1.29, 1.82) is 0 Å². The van der Waals surface area contributed by atoms with Crippen LogP contribution in [0, 0.1) is 5.92 Å². The number of ether oxygens (including phenoxy) is 2. The maximum atomic E-state index is 12.2. The summed E-state index contributed by atoms with van der Waals surface area (Å²) in [4.78, 5) is 24.2. The number of hydrogen-bond acceptors (Lipinski definition) is 6. The number of cyclic esters (lactones) is 2. The van der Waals surface area contributed by atoms with E-state index < -0.39 is 11.6 Å². The highest BCUT2D eigenvalue weighted by atomic mass is 16.6. The van der Waals surface area contributed by atoms with Crippen molar-refractivity contribution in [1.82, 2.24) is 0 Å². The normalized spacial score (nSPS) is 27.5. The van der Waals surface area contributed by atoms with Crippen molar-refractivity contribution in [3.05, 3.63) is 0 Å². The van der Waals surface area contributed by atoms with Gasteiger partial charge in [-0.15, -0.1) is 0 Å². The zero-order valence-corrected chi connectivity index (χ0v) is 15.2. The standard InChI is InChI=1S/C18H34N2O4/c1-3-10-15-14(4-2)13-23-17(22)18(19,20)12-9-7-5-6-8-11-16(21)24-15/h14-15H,3-13,19-20H2,1-2H3. The van der Waals surface area contributed by atoms with Crippen molar-refractivity contribution in [2.24, 2.45) is 17.4 Å². The van der Waals surface area contributed by atoms with Crippen LogP contribution in [-0.4, -0.2) is 30.3 Å². The average Bonchev–Trinajstić information content (AvgIpc) is 2.53. The van der Waals surface area contributed by atoms with Crippen LogP contribution in [-0.2, 0) is 19.1 Å². The van der Waals surface area contributed by atoms with Gasteiger partial charge >= 0.3 is 11.9 Å². The summed E-state index contributed by atoms with van der Waals surface area (Å²) in [6.07, 6.45) is 7.58. The summed E-state index contributed by atoms with van der Waals surface area (Å²) < 4.78 is 11.0. The molecule has 140 valence electrons. The van der Waals surface area contributed by atoms with E-state index in [1.165, 1.54) is 0 Å². The molecule has 6 nitrogen and oxygen atoms in total. The van der Waals surface area contributed by atoms with Gasteiger partial charge in [-0.1, -0.05) is 39.5 Å². The van der Waals surface area contributed by atoms with E-state index in [4.69, 9.17) is 20.9 Å². The van der Waals surface area contributed by atoms with E-state index in [2.05, 4.69) is 0 Å². The largest absolute Gasteiger partial charge is 0.463 e. The van der Waals surface area contributed by atoms with Gasteiger partial charge in [-0.05, 0) is 32.1 Å². The summed E-state index contributed by atoms with van der Waals surface area (Å²) in [7, 11) is 0. The third-order valence-electron chi connectivity index (χ3n) is 4.69. The van der Waals surface area contributed by atoms with Crippen LogP contribution in [0.15, 0.2) is 0 Å². The first-order valence-corrected chi connectivity index (χ1v) is 9.35. The second-order valence-corrected chi connectivity index (χ2v) is 6.89. The Balaban J connectivity index is 2.80. The monoisotopic (exact) mass is 342 g/mol. The zero-order valence-electron chi connectivity index (χ0n) is 15.2. The van der Waals surface area contributed by atoms with E-state index in [-0.39, 0.29) is 24.6 Å². The van der Waals surface area contributed by atoms with Gasteiger partial charge in [0.25, 0.3) is 0 Å². The number of rotatable bonds is 3. The molecule has 2 atom stereocenters. The van der Waals surface area contributed by atoms with Crippen LogP contribution < -0.4 is 11.5 Å². The second-order valence-electron chi connectivity index (χ2n) is 6.89. The summed E-state index contributed by atoms with van der Waals surface area (Å²) >= 11 is 0. The molecule has 0 aromatic carbocycles. The van der Waals surface area contributed by atoms with Crippen LogP contribution in [0.4, 0.5) is 0 Å². The fourth-order valence-electron chi connectivity index (χ4n) is 3.03. The predicted molar refractivity (Wildman–Crippen MR) is 93.0 cm³/mol. The fourth-order valence-corrected chi connectivity index (χ4v) is 3.03. The van der Waals surface area contributed by atoms with Crippen LogP contribution in [0.25, 0.3) is 0 Å². The Morgan fingerprint density at radius 2 is 1.75 bits per heavy atom. The third-order valence-corrected chi connectivity index (χ3v) is 4.69. The summed E-state index contributed by atoms with van der Waals surface area (Å²) in [5, 5.41) is 0. The molecular weight excluding hydrogens is 308 g/mol. The molecule has 6 heteroatoms. The van der Waals surface area contributed by atoms with E-state index >= 15 is 0 Å². The van der Waals surface area contributed by atoms with E-state index in [9.17, 15) is 9.59 Å². The Bertz CT molecular complexity index is 398. The fraction of sp³-hybridized carbons (Fsp3) is 0.889. The Kier molecular flexibility index (Phi) is 9.29. The lowest BCUT2D eigenvalue weighted by atomic mass is 9.96. The highest BCUT2D eigenvalue weighted by molar-refractivity contribution is 5.79. The molecule has 1 fully saturated rings. The first kappa shape index (κ1) is 20.9. The minimum atomic E-state index is -1.44. The summed E-state index contributed by atoms with van der Waals surface area (Å²) in [6, 6.07) is 0. The van der Waals surface area contributed by atoms with Gasteiger partial charge in [-0.2, -0.15) is 0 Å². The molecule has 0 radical (unpaired) electrons. The number of nitrogens with two attached hydrogens (primary N) is 2. The second kappa shape index (κ2) is 10.7. The lowest BCUT2D eigenvalue weighted by Crippen LogP contribution is -2.57. The van der Waals surface area contributed by atoms with Gasteiger partial charge < -0.3 is 20.9 Å². The number of carbonyl (C=O) groups excluding carboxylic acids is 2. The molecule has 0 spiro atoms. The zero-order chi connectivity index (χ0) is 18.0. The molecule has 0 aromatic rings. The molecule has 0 amide bonds. The van der Waals surface area contributed by atoms with Crippen LogP contribution in [0.3, 0.4) is 0 Å². The molecule has 4 N–H and O–H groups in total. The van der Waals surface area contributed by atoms with E-state index in [1.54, 1.807) is 0 Å².